The van der Waals surface area contributed by atoms with Crippen molar-refractivity contribution >= 4 is 0 Å². The van der Waals surface area contributed by atoms with E-state index in [1.807, 2.05) is 6.07 Å². The molecule has 0 heterocycles. The summed E-state index contributed by atoms with van der Waals surface area (Å²) in [7, 11) is 0. The molecule has 0 aliphatic carbocycles. The van der Waals surface area contributed by atoms with E-state index in [4.69, 9.17) is 5.26 Å². The predicted molar refractivity (Wildman–Crippen MR) is 51.8 cm³/mol. The highest BCUT2D eigenvalue weighted by atomic mass is 14.2. The Bertz CT molecular complexity index is 231. The van der Waals surface area contributed by atoms with Crippen LogP contribution < -0.4 is 0 Å². The third kappa shape index (κ3) is 4.51. The van der Waals surface area contributed by atoms with Crippen LogP contribution in [0.3, 0.4) is 0 Å². The smallest absolute Gasteiger partial charge is 0.0587 e. The van der Waals surface area contributed by atoms with E-state index >= 15 is 0 Å². The Morgan fingerprint density at radius 1 is 1.17 bits per heavy atom. The van der Waals surface area contributed by atoms with Crippen LogP contribution in [-0.4, -0.2) is 0 Å². The van der Waals surface area contributed by atoms with Gasteiger partial charge >= 0.3 is 0 Å². The van der Waals surface area contributed by atoms with Gasteiger partial charge in [0, 0.05) is 6.92 Å². The average Bonchev–Trinajstić information content (AvgIpc) is 2.07. The zero-order chi connectivity index (χ0) is 9.40. The van der Waals surface area contributed by atoms with Crippen molar-refractivity contribution in [1.29, 1.82) is 5.26 Å². The van der Waals surface area contributed by atoms with Crippen LogP contribution in [0.25, 0.3) is 0 Å². The van der Waals surface area contributed by atoms with Crippen molar-refractivity contribution in [2.75, 3.05) is 0 Å². The maximum Gasteiger partial charge on any atom is 0.0587 e. The summed E-state index contributed by atoms with van der Waals surface area (Å²) >= 11 is 0. The van der Waals surface area contributed by atoms with Crippen molar-refractivity contribution in [1.82, 2.24) is 0 Å². The molecule has 0 spiro atoms. The minimum Gasteiger partial charge on any atom is -0.199 e. The van der Waals surface area contributed by atoms with Gasteiger partial charge in [-0.2, -0.15) is 5.26 Å². The predicted octanol–water partition coefficient (Wildman–Crippen LogP) is 3.34. The number of rotatable bonds is 1. The molecule has 0 amide bonds. The van der Waals surface area contributed by atoms with Gasteiger partial charge in [0.05, 0.1) is 6.07 Å². The molecule has 0 saturated carbocycles. The SMILES string of the molecule is CC#N.CC(C)c1ccccc1. The molecule has 0 radical (unpaired) electrons. The van der Waals surface area contributed by atoms with Gasteiger partial charge in [-0.25, -0.2) is 0 Å². The van der Waals surface area contributed by atoms with Gasteiger partial charge in [-0.3, -0.25) is 0 Å². The largest absolute Gasteiger partial charge is 0.199 e. The molecule has 0 saturated heterocycles. The molecule has 0 N–H and O–H groups in total. The molecular formula is C11H15N. The van der Waals surface area contributed by atoms with E-state index in [9.17, 15) is 0 Å². The first-order valence-electron chi connectivity index (χ1n) is 4.08. The van der Waals surface area contributed by atoms with Gasteiger partial charge < -0.3 is 0 Å². The highest BCUT2D eigenvalue weighted by molar-refractivity contribution is 5.17. The third-order valence-electron chi connectivity index (χ3n) is 1.47. The number of benzene rings is 1. The van der Waals surface area contributed by atoms with Crippen LogP contribution >= 0.6 is 0 Å². The van der Waals surface area contributed by atoms with Gasteiger partial charge in [-0.1, -0.05) is 44.2 Å². The number of hydrogen-bond donors (Lipinski definition) is 0. The van der Waals surface area contributed by atoms with E-state index in [1.165, 1.54) is 12.5 Å². The quantitative estimate of drug-likeness (QED) is 0.619. The molecule has 0 atom stereocenters. The number of nitriles is 1. The first kappa shape index (κ1) is 10.7. The average molecular weight is 161 g/mol. The Morgan fingerprint density at radius 3 is 1.83 bits per heavy atom. The minimum absolute atomic E-state index is 0.659. The normalized spacial score (nSPS) is 8.25. The molecule has 0 unspecified atom stereocenters. The van der Waals surface area contributed by atoms with Crippen molar-refractivity contribution in [2.45, 2.75) is 26.7 Å². The lowest BCUT2D eigenvalue weighted by Gasteiger charge is -2.01. The van der Waals surface area contributed by atoms with E-state index in [0.717, 1.165) is 0 Å². The highest BCUT2D eigenvalue weighted by Gasteiger charge is 1.93. The molecule has 1 rings (SSSR count). The molecule has 0 fully saturated rings. The van der Waals surface area contributed by atoms with Crippen LogP contribution in [0.1, 0.15) is 32.3 Å². The molecule has 0 aliphatic rings. The van der Waals surface area contributed by atoms with E-state index in [2.05, 4.69) is 38.1 Å². The van der Waals surface area contributed by atoms with Crippen LogP contribution in [0.5, 0.6) is 0 Å². The van der Waals surface area contributed by atoms with Gasteiger partial charge in [0.1, 0.15) is 0 Å². The van der Waals surface area contributed by atoms with E-state index in [1.54, 1.807) is 6.07 Å². The molecule has 1 aromatic rings. The Morgan fingerprint density at radius 2 is 1.58 bits per heavy atom. The molecule has 12 heavy (non-hydrogen) atoms. The number of nitrogens with zero attached hydrogens (tertiary/aromatic N) is 1. The fourth-order valence-corrected chi connectivity index (χ4v) is 0.838. The maximum atomic E-state index is 7.32. The zero-order valence-electron chi connectivity index (χ0n) is 7.91. The topological polar surface area (TPSA) is 23.8 Å². The summed E-state index contributed by atoms with van der Waals surface area (Å²) < 4.78 is 0. The van der Waals surface area contributed by atoms with Crippen LogP contribution in [0.2, 0.25) is 0 Å². The molecular weight excluding hydrogens is 146 g/mol. The van der Waals surface area contributed by atoms with Crippen LogP contribution in [0.15, 0.2) is 30.3 Å². The summed E-state index contributed by atoms with van der Waals surface area (Å²) in [4.78, 5) is 0. The second-order valence-corrected chi connectivity index (χ2v) is 2.79. The molecule has 1 aromatic carbocycles. The zero-order valence-corrected chi connectivity index (χ0v) is 7.91. The highest BCUT2D eigenvalue weighted by Crippen LogP contribution is 2.11. The summed E-state index contributed by atoms with van der Waals surface area (Å²) in [6.07, 6.45) is 0. The first-order valence-corrected chi connectivity index (χ1v) is 4.08. The van der Waals surface area contributed by atoms with E-state index < -0.39 is 0 Å². The Hall–Kier alpha value is -1.29. The maximum absolute atomic E-state index is 7.32. The Labute approximate surface area is 74.7 Å². The fraction of sp³-hybridized carbons (Fsp3) is 0.364. The van der Waals surface area contributed by atoms with Crippen molar-refractivity contribution in [3.8, 4) is 6.07 Å². The van der Waals surface area contributed by atoms with Gasteiger partial charge in [-0.15, -0.1) is 0 Å². The Kier molecular flexibility index (Phi) is 5.73. The van der Waals surface area contributed by atoms with Crippen molar-refractivity contribution in [3.63, 3.8) is 0 Å². The fourth-order valence-electron chi connectivity index (χ4n) is 0.838. The van der Waals surface area contributed by atoms with E-state index in [0.29, 0.717) is 5.92 Å². The lowest BCUT2D eigenvalue weighted by molar-refractivity contribution is 0.867. The van der Waals surface area contributed by atoms with Crippen molar-refractivity contribution in [3.05, 3.63) is 35.9 Å². The second-order valence-electron chi connectivity index (χ2n) is 2.79. The van der Waals surface area contributed by atoms with Crippen LogP contribution in [0.4, 0.5) is 0 Å². The summed E-state index contributed by atoms with van der Waals surface area (Å²) in [6, 6.07) is 12.3. The molecule has 64 valence electrons. The Balaban J connectivity index is 0.000000354. The monoisotopic (exact) mass is 161 g/mol. The molecule has 1 heteroatoms. The van der Waals surface area contributed by atoms with Gasteiger partial charge in [0.15, 0.2) is 0 Å². The summed E-state index contributed by atoms with van der Waals surface area (Å²) in [5.41, 5.74) is 1.41. The lowest BCUT2D eigenvalue weighted by Crippen LogP contribution is -1.83. The van der Waals surface area contributed by atoms with Crippen molar-refractivity contribution in [2.24, 2.45) is 0 Å². The first-order chi connectivity index (χ1) is 5.72. The van der Waals surface area contributed by atoms with Crippen LogP contribution in [0, 0.1) is 11.3 Å². The van der Waals surface area contributed by atoms with Crippen molar-refractivity contribution < 1.29 is 0 Å². The standard InChI is InChI=1S/C9H12.C2H3N/c1-8(2)9-6-4-3-5-7-9;1-2-3/h3-8H,1-2H3;1H3. The molecule has 0 aliphatic heterocycles. The lowest BCUT2D eigenvalue weighted by atomic mass is 10.0. The van der Waals surface area contributed by atoms with E-state index in [-0.39, 0.29) is 0 Å². The summed E-state index contributed by atoms with van der Waals surface area (Å²) in [5, 5.41) is 7.32. The van der Waals surface area contributed by atoms with Gasteiger partial charge in [0.25, 0.3) is 0 Å². The molecule has 0 bridgehead atoms. The van der Waals surface area contributed by atoms with Gasteiger partial charge in [0.2, 0.25) is 0 Å². The number of hydrogen-bond acceptors (Lipinski definition) is 1. The van der Waals surface area contributed by atoms with Gasteiger partial charge in [-0.05, 0) is 11.5 Å². The summed E-state index contributed by atoms with van der Waals surface area (Å²) in [6.45, 7) is 5.84. The third-order valence-corrected chi connectivity index (χ3v) is 1.47. The molecule has 0 aromatic heterocycles. The summed E-state index contributed by atoms with van der Waals surface area (Å²) in [5.74, 6) is 0.659. The molecule has 1 nitrogen and oxygen atoms in total. The second kappa shape index (κ2) is 6.42. The minimum atomic E-state index is 0.659. The van der Waals surface area contributed by atoms with Crippen LogP contribution in [-0.2, 0) is 0 Å².